The molecule has 27 heavy (non-hydrogen) atoms. The van der Waals surface area contributed by atoms with Gasteiger partial charge in [-0.15, -0.1) is 0 Å². The van der Waals surface area contributed by atoms with Gasteiger partial charge in [-0.25, -0.2) is 0 Å². The number of carbonyl (C=O) groups excluding carboxylic acids is 1. The number of carbonyl (C=O) groups is 1. The number of rotatable bonds is 9. The first-order valence-electron chi connectivity index (χ1n) is 8.48. The van der Waals surface area contributed by atoms with Crippen molar-refractivity contribution in [3.63, 3.8) is 0 Å². The molecule has 0 aromatic heterocycles. The number of methoxy groups -OCH3 is 2. The summed E-state index contributed by atoms with van der Waals surface area (Å²) >= 11 is 0. The topological polar surface area (TPSA) is 78.4 Å². The van der Waals surface area contributed by atoms with Crippen molar-refractivity contribution in [2.75, 3.05) is 32.8 Å². The Labute approximate surface area is 158 Å². The highest BCUT2D eigenvalue weighted by Crippen LogP contribution is 2.27. The van der Waals surface area contributed by atoms with Gasteiger partial charge < -0.3 is 24.4 Å². The number of aryl methyl sites for hydroxylation is 1. The maximum absolute atomic E-state index is 12.0. The van der Waals surface area contributed by atoms with Crippen LogP contribution in [0.5, 0.6) is 17.2 Å². The van der Waals surface area contributed by atoms with Gasteiger partial charge in [0.25, 0.3) is 5.91 Å². The van der Waals surface area contributed by atoms with Crippen LogP contribution in [0.25, 0.3) is 0 Å². The average molecular weight is 372 g/mol. The molecule has 0 atom stereocenters. The summed E-state index contributed by atoms with van der Waals surface area (Å²) in [6.45, 7) is 4.16. The van der Waals surface area contributed by atoms with E-state index in [1.54, 1.807) is 32.4 Å². The molecule has 0 spiro atoms. The zero-order valence-corrected chi connectivity index (χ0v) is 15.9. The molecule has 0 radical (unpaired) electrons. The van der Waals surface area contributed by atoms with E-state index in [4.69, 9.17) is 19.0 Å². The van der Waals surface area contributed by atoms with Gasteiger partial charge in [0.15, 0.2) is 18.1 Å². The molecule has 144 valence electrons. The Morgan fingerprint density at radius 3 is 2.52 bits per heavy atom. The Kier molecular flexibility index (Phi) is 7.49. The maximum Gasteiger partial charge on any atom is 0.265 e. The van der Waals surface area contributed by atoms with Gasteiger partial charge >= 0.3 is 0 Å². The summed E-state index contributed by atoms with van der Waals surface area (Å²) in [5, 5.41) is 6.56. The summed E-state index contributed by atoms with van der Waals surface area (Å²) in [6.07, 6.45) is 1.50. The lowest BCUT2D eigenvalue weighted by Crippen LogP contribution is -2.17. The number of amides is 1. The second-order valence-electron chi connectivity index (χ2n) is 5.60. The first-order valence-corrected chi connectivity index (χ1v) is 8.48. The molecule has 2 rings (SSSR count). The minimum Gasteiger partial charge on any atom is -0.495 e. The molecule has 0 saturated carbocycles. The van der Waals surface area contributed by atoms with E-state index in [1.165, 1.54) is 6.21 Å². The largest absolute Gasteiger partial charge is 0.495 e. The van der Waals surface area contributed by atoms with Gasteiger partial charge in [0.1, 0.15) is 5.75 Å². The first-order chi connectivity index (χ1) is 13.1. The van der Waals surface area contributed by atoms with E-state index < -0.39 is 0 Å². The second-order valence-corrected chi connectivity index (χ2v) is 5.60. The van der Waals surface area contributed by atoms with Crippen LogP contribution in [0.4, 0.5) is 5.69 Å². The number of ether oxygens (including phenoxy) is 3. The Morgan fingerprint density at radius 1 is 1.07 bits per heavy atom. The Bertz CT molecular complexity index is 805. The third kappa shape index (κ3) is 5.91. The molecule has 0 aliphatic carbocycles. The number of nitrogens with zero attached hydrogens (tertiary/aromatic N) is 1. The van der Waals surface area contributed by atoms with Crippen molar-refractivity contribution in [3.8, 4) is 17.2 Å². The minimum atomic E-state index is -0.333. The Balaban J connectivity index is 1.90. The molecule has 1 N–H and O–H groups in total. The molecule has 2 aromatic carbocycles. The molecule has 0 unspecified atom stereocenters. The minimum absolute atomic E-state index is 0.220. The number of hydrogen-bond donors (Lipinski definition) is 1. The van der Waals surface area contributed by atoms with Crippen LogP contribution in [0.2, 0.25) is 0 Å². The van der Waals surface area contributed by atoms with Crippen molar-refractivity contribution >= 4 is 17.8 Å². The van der Waals surface area contributed by atoms with E-state index in [1.807, 2.05) is 32.0 Å². The van der Waals surface area contributed by atoms with Gasteiger partial charge in [0.2, 0.25) is 0 Å². The molecule has 0 bridgehead atoms. The molecule has 0 fully saturated rings. The van der Waals surface area contributed by atoms with Crippen molar-refractivity contribution in [3.05, 3.63) is 47.5 Å². The lowest BCUT2D eigenvalue weighted by atomic mass is 10.2. The summed E-state index contributed by atoms with van der Waals surface area (Å²) < 4.78 is 16.0. The van der Waals surface area contributed by atoms with Gasteiger partial charge in [0, 0.05) is 5.56 Å². The fraction of sp³-hybridized carbons (Fsp3) is 0.300. The predicted octanol–water partition coefficient (Wildman–Crippen LogP) is 3.40. The van der Waals surface area contributed by atoms with Crippen molar-refractivity contribution in [2.24, 2.45) is 5.16 Å². The van der Waals surface area contributed by atoms with Gasteiger partial charge in [-0.05, 0) is 49.7 Å². The van der Waals surface area contributed by atoms with Gasteiger partial charge in [0.05, 0.1) is 32.7 Å². The second kappa shape index (κ2) is 10.1. The van der Waals surface area contributed by atoms with Crippen molar-refractivity contribution in [2.45, 2.75) is 13.8 Å². The zero-order chi connectivity index (χ0) is 19.6. The fourth-order valence-electron chi connectivity index (χ4n) is 2.34. The van der Waals surface area contributed by atoms with Crippen LogP contribution in [0, 0.1) is 6.92 Å². The Hall–Kier alpha value is -3.22. The molecule has 7 nitrogen and oxygen atoms in total. The van der Waals surface area contributed by atoms with Crippen LogP contribution in [0.15, 0.2) is 41.6 Å². The summed E-state index contributed by atoms with van der Waals surface area (Å²) in [5.74, 6) is 1.51. The number of anilines is 1. The first kappa shape index (κ1) is 20.1. The Morgan fingerprint density at radius 2 is 1.81 bits per heavy atom. The maximum atomic E-state index is 12.0. The summed E-state index contributed by atoms with van der Waals surface area (Å²) in [7, 11) is 3.12. The van der Waals surface area contributed by atoms with Gasteiger partial charge in [-0.2, -0.15) is 0 Å². The van der Waals surface area contributed by atoms with E-state index >= 15 is 0 Å². The van der Waals surface area contributed by atoms with E-state index in [0.29, 0.717) is 29.5 Å². The average Bonchev–Trinajstić information content (AvgIpc) is 2.66. The quantitative estimate of drug-likeness (QED) is 0.539. The fourth-order valence-corrected chi connectivity index (χ4v) is 2.34. The van der Waals surface area contributed by atoms with Crippen LogP contribution in [-0.4, -0.2) is 39.6 Å². The van der Waals surface area contributed by atoms with Crippen molar-refractivity contribution < 1.29 is 23.8 Å². The standard InChI is InChI=1S/C20H24N2O5/c1-5-26-18-9-7-15(11-19(18)25-4)12-21-27-13-20(23)22-16-10-14(2)6-8-17(16)24-3/h6-12H,5,13H2,1-4H3,(H,22,23)/b21-12-. The van der Waals surface area contributed by atoms with Crippen LogP contribution in [0.1, 0.15) is 18.1 Å². The highest BCUT2D eigenvalue weighted by atomic mass is 16.6. The summed E-state index contributed by atoms with van der Waals surface area (Å²) in [4.78, 5) is 17.1. The van der Waals surface area contributed by atoms with Crippen LogP contribution >= 0.6 is 0 Å². The van der Waals surface area contributed by atoms with Crippen LogP contribution in [-0.2, 0) is 9.63 Å². The molecule has 1 amide bonds. The van der Waals surface area contributed by atoms with Gasteiger partial charge in [-0.1, -0.05) is 11.2 Å². The number of hydrogen-bond acceptors (Lipinski definition) is 6. The lowest BCUT2D eigenvalue weighted by Gasteiger charge is -2.10. The van der Waals surface area contributed by atoms with E-state index in [-0.39, 0.29) is 12.5 Å². The SMILES string of the molecule is CCOc1ccc(/C=N\OCC(=O)Nc2cc(C)ccc2OC)cc1OC. The van der Waals surface area contributed by atoms with E-state index in [9.17, 15) is 4.79 Å². The molecule has 7 heteroatoms. The number of benzene rings is 2. The molecule has 2 aromatic rings. The third-order valence-electron chi connectivity index (χ3n) is 3.59. The zero-order valence-electron chi connectivity index (χ0n) is 15.9. The molecule has 0 heterocycles. The smallest absolute Gasteiger partial charge is 0.265 e. The molecule has 0 aliphatic rings. The van der Waals surface area contributed by atoms with Crippen molar-refractivity contribution in [1.29, 1.82) is 0 Å². The molecular formula is C20H24N2O5. The summed E-state index contributed by atoms with van der Waals surface area (Å²) in [6, 6.07) is 10.9. The lowest BCUT2D eigenvalue weighted by molar-refractivity contribution is -0.120. The third-order valence-corrected chi connectivity index (χ3v) is 3.59. The highest BCUT2D eigenvalue weighted by molar-refractivity contribution is 5.93. The number of oxime groups is 1. The summed E-state index contributed by atoms with van der Waals surface area (Å²) in [5.41, 5.74) is 2.36. The highest BCUT2D eigenvalue weighted by Gasteiger charge is 2.08. The van der Waals surface area contributed by atoms with E-state index in [2.05, 4.69) is 10.5 Å². The van der Waals surface area contributed by atoms with Crippen LogP contribution in [0.3, 0.4) is 0 Å². The molecule has 0 aliphatic heterocycles. The van der Waals surface area contributed by atoms with Crippen LogP contribution < -0.4 is 19.5 Å². The monoisotopic (exact) mass is 372 g/mol. The molecule has 0 saturated heterocycles. The van der Waals surface area contributed by atoms with Gasteiger partial charge in [-0.3, -0.25) is 4.79 Å². The van der Waals surface area contributed by atoms with E-state index in [0.717, 1.165) is 11.1 Å². The predicted molar refractivity (Wildman–Crippen MR) is 104 cm³/mol. The van der Waals surface area contributed by atoms with Crippen molar-refractivity contribution in [1.82, 2.24) is 0 Å². The molecular weight excluding hydrogens is 348 g/mol. The number of nitrogens with one attached hydrogen (secondary N) is 1. The normalized spacial score (nSPS) is 10.5.